The lowest BCUT2D eigenvalue weighted by atomic mass is 9.84. The van der Waals surface area contributed by atoms with Gasteiger partial charge < -0.3 is 4.98 Å². The average Bonchev–Trinajstić information content (AvgIpc) is 3.07. The number of nitrogens with zero attached hydrogens (tertiary/aromatic N) is 4. The molecule has 0 aliphatic heterocycles. The van der Waals surface area contributed by atoms with Crippen LogP contribution in [0.5, 0.6) is 0 Å². The van der Waals surface area contributed by atoms with Crippen LogP contribution in [0.25, 0.3) is 22.4 Å². The van der Waals surface area contributed by atoms with Gasteiger partial charge >= 0.3 is 0 Å². The first-order valence-corrected chi connectivity index (χ1v) is 7.67. The normalized spacial score (nSPS) is 20.3. The summed E-state index contributed by atoms with van der Waals surface area (Å²) in [5.74, 6) is -2.82. The van der Waals surface area contributed by atoms with E-state index >= 15 is 0 Å². The molecule has 3 heterocycles. The van der Waals surface area contributed by atoms with Crippen LogP contribution in [0.15, 0.2) is 23.1 Å². The summed E-state index contributed by atoms with van der Waals surface area (Å²) >= 11 is 0. The fraction of sp³-hybridized carbons (Fsp3) is 0.400. The number of alkyl halides is 2. The summed E-state index contributed by atoms with van der Waals surface area (Å²) in [5, 5.41) is 13.8. The van der Waals surface area contributed by atoms with E-state index < -0.39 is 5.92 Å². The van der Waals surface area contributed by atoms with Gasteiger partial charge in [-0.15, -0.1) is 10.2 Å². The lowest BCUT2D eigenvalue weighted by Crippen LogP contribution is -2.26. The predicted octanol–water partition coefficient (Wildman–Crippen LogP) is 2.40. The van der Waals surface area contributed by atoms with Crippen molar-refractivity contribution >= 4 is 10.9 Å². The second kappa shape index (κ2) is 5.43. The summed E-state index contributed by atoms with van der Waals surface area (Å²) in [5.41, 5.74) is 1.09. The van der Waals surface area contributed by atoms with Crippen LogP contribution >= 0.6 is 0 Å². The molecule has 24 heavy (non-hydrogen) atoms. The molecule has 1 fully saturated rings. The van der Waals surface area contributed by atoms with Crippen LogP contribution in [0.3, 0.4) is 0 Å². The minimum Gasteiger partial charge on any atom is -0.358 e. The molecule has 0 bridgehead atoms. The zero-order valence-corrected chi connectivity index (χ0v) is 12.6. The lowest BCUT2D eigenvalue weighted by Gasteiger charge is -2.29. The van der Waals surface area contributed by atoms with Crippen molar-refractivity contribution in [1.29, 1.82) is 0 Å². The second-order valence-electron chi connectivity index (χ2n) is 6.06. The molecule has 3 aromatic rings. The molecule has 4 rings (SSSR count). The SMILES string of the molecule is O=c1cc([C@H]2CCCC(F)(F)C2)[nH]c2ccnc(-c3nn[nH]n3)c12. The highest BCUT2D eigenvalue weighted by atomic mass is 19.3. The van der Waals surface area contributed by atoms with Crippen LogP contribution in [0.2, 0.25) is 0 Å². The lowest BCUT2D eigenvalue weighted by molar-refractivity contribution is -0.0412. The van der Waals surface area contributed by atoms with E-state index in [1.54, 1.807) is 6.07 Å². The average molecular weight is 332 g/mol. The highest BCUT2D eigenvalue weighted by Gasteiger charge is 2.37. The largest absolute Gasteiger partial charge is 0.358 e. The Hall–Kier alpha value is -2.71. The number of hydrogen-bond donors (Lipinski definition) is 2. The van der Waals surface area contributed by atoms with Crippen molar-refractivity contribution in [2.24, 2.45) is 0 Å². The first-order valence-electron chi connectivity index (χ1n) is 7.67. The molecule has 1 saturated carbocycles. The van der Waals surface area contributed by atoms with Crippen LogP contribution in [0, 0.1) is 0 Å². The Kier molecular flexibility index (Phi) is 3.36. The topological polar surface area (TPSA) is 100 Å². The van der Waals surface area contributed by atoms with Gasteiger partial charge in [-0.2, -0.15) is 5.21 Å². The van der Waals surface area contributed by atoms with Gasteiger partial charge in [0.2, 0.25) is 11.7 Å². The maximum atomic E-state index is 13.7. The van der Waals surface area contributed by atoms with Crippen molar-refractivity contribution < 1.29 is 8.78 Å². The van der Waals surface area contributed by atoms with Crippen LogP contribution in [-0.4, -0.2) is 36.5 Å². The van der Waals surface area contributed by atoms with Gasteiger partial charge in [0.05, 0.1) is 10.9 Å². The summed E-state index contributed by atoms with van der Waals surface area (Å²) in [6.07, 6.45) is 2.27. The molecular formula is C15H14F2N6O. The molecule has 1 aliphatic rings. The number of aromatic nitrogens is 6. The highest BCUT2D eigenvalue weighted by Crippen LogP contribution is 2.41. The van der Waals surface area contributed by atoms with E-state index in [9.17, 15) is 13.6 Å². The first kappa shape index (κ1) is 14.9. The minimum absolute atomic E-state index is 0.0901. The third-order valence-corrected chi connectivity index (χ3v) is 4.40. The molecule has 9 heteroatoms. The number of rotatable bonds is 2. The van der Waals surface area contributed by atoms with Crippen molar-refractivity contribution in [2.75, 3.05) is 0 Å². The van der Waals surface area contributed by atoms with E-state index in [1.807, 2.05) is 0 Å². The molecule has 124 valence electrons. The van der Waals surface area contributed by atoms with Crippen molar-refractivity contribution in [3.8, 4) is 11.5 Å². The third-order valence-electron chi connectivity index (χ3n) is 4.40. The summed E-state index contributed by atoms with van der Waals surface area (Å²) in [6.45, 7) is 0. The van der Waals surface area contributed by atoms with Crippen molar-refractivity contribution in [3.05, 3.63) is 34.2 Å². The van der Waals surface area contributed by atoms with E-state index in [-0.39, 0.29) is 30.0 Å². The molecular weight excluding hydrogens is 318 g/mol. The first-order chi connectivity index (χ1) is 11.5. The Bertz CT molecular complexity index is 937. The third kappa shape index (κ3) is 2.55. The summed E-state index contributed by atoms with van der Waals surface area (Å²) in [6, 6.07) is 3.03. The molecule has 1 aliphatic carbocycles. The Labute approximate surface area is 134 Å². The van der Waals surface area contributed by atoms with E-state index in [0.717, 1.165) is 0 Å². The molecule has 0 unspecified atom stereocenters. The van der Waals surface area contributed by atoms with Crippen LogP contribution in [-0.2, 0) is 0 Å². The minimum atomic E-state index is -2.68. The maximum absolute atomic E-state index is 13.7. The van der Waals surface area contributed by atoms with Gasteiger partial charge in [0, 0.05) is 36.7 Å². The van der Waals surface area contributed by atoms with Crippen LogP contribution in [0.4, 0.5) is 8.78 Å². The standard InChI is InChI=1S/C15H14F2N6O/c16-15(17)4-1-2-8(7-15)10-6-11(24)12-9(19-10)3-5-18-13(12)14-20-22-23-21-14/h3,5-6,8H,1-2,4,7H2,(H,19,24)(H,20,21,22,23)/t8-/m0/s1. The highest BCUT2D eigenvalue weighted by molar-refractivity contribution is 5.90. The second-order valence-corrected chi connectivity index (χ2v) is 6.06. The Morgan fingerprint density at radius 2 is 2.21 bits per heavy atom. The van der Waals surface area contributed by atoms with E-state index in [2.05, 4.69) is 30.6 Å². The summed E-state index contributed by atoms with van der Waals surface area (Å²) in [4.78, 5) is 19.9. The fourth-order valence-electron chi connectivity index (χ4n) is 3.31. The van der Waals surface area contributed by atoms with Crippen molar-refractivity contribution in [1.82, 2.24) is 30.6 Å². The summed E-state index contributed by atoms with van der Waals surface area (Å²) in [7, 11) is 0. The maximum Gasteiger partial charge on any atom is 0.248 e. The quantitative estimate of drug-likeness (QED) is 0.750. The Morgan fingerprint density at radius 1 is 1.33 bits per heavy atom. The van der Waals surface area contributed by atoms with Gasteiger partial charge in [0.1, 0.15) is 5.69 Å². The zero-order valence-electron chi connectivity index (χ0n) is 12.6. The van der Waals surface area contributed by atoms with Gasteiger partial charge in [-0.3, -0.25) is 9.78 Å². The molecule has 0 amide bonds. The summed E-state index contributed by atoms with van der Waals surface area (Å²) < 4.78 is 27.4. The number of aromatic amines is 2. The Morgan fingerprint density at radius 3 is 2.96 bits per heavy atom. The van der Waals surface area contributed by atoms with Gasteiger partial charge in [-0.1, -0.05) is 0 Å². The Balaban J connectivity index is 1.83. The molecule has 0 saturated heterocycles. The molecule has 7 nitrogen and oxygen atoms in total. The van der Waals surface area contributed by atoms with E-state index in [1.165, 1.54) is 12.3 Å². The van der Waals surface area contributed by atoms with Crippen LogP contribution in [0.1, 0.15) is 37.3 Å². The molecule has 0 spiro atoms. The molecule has 2 N–H and O–H groups in total. The number of pyridine rings is 2. The zero-order chi connectivity index (χ0) is 16.7. The van der Waals surface area contributed by atoms with Crippen LogP contribution < -0.4 is 5.43 Å². The molecule has 0 radical (unpaired) electrons. The number of halogens is 2. The molecule has 3 aromatic heterocycles. The van der Waals surface area contributed by atoms with Gasteiger partial charge in [0.25, 0.3) is 0 Å². The number of H-pyrrole nitrogens is 2. The number of fused-ring (bicyclic) bond motifs is 1. The predicted molar refractivity (Wildman–Crippen MR) is 81.7 cm³/mol. The number of nitrogens with one attached hydrogen (secondary N) is 2. The molecule has 1 atom stereocenters. The number of tetrazole rings is 1. The fourth-order valence-corrected chi connectivity index (χ4v) is 3.31. The number of hydrogen-bond acceptors (Lipinski definition) is 5. The van der Waals surface area contributed by atoms with Crippen molar-refractivity contribution in [3.63, 3.8) is 0 Å². The monoisotopic (exact) mass is 332 g/mol. The van der Waals surface area contributed by atoms with Gasteiger partial charge in [0.15, 0.2) is 5.43 Å². The van der Waals surface area contributed by atoms with Gasteiger partial charge in [-0.25, -0.2) is 8.78 Å². The van der Waals surface area contributed by atoms with E-state index in [4.69, 9.17) is 0 Å². The molecule has 0 aromatic carbocycles. The van der Waals surface area contributed by atoms with Gasteiger partial charge in [-0.05, 0) is 24.1 Å². The van der Waals surface area contributed by atoms with Crippen molar-refractivity contribution in [2.45, 2.75) is 37.5 Å². The van der Waals surface area contributed by atoms with E-state index in [0.29, 0.717) is 35.1 Å². The smallest absolute Gasteiger partial charge is 0.248 e.